The number of nitrogens with zero attached hydrogens (tertiary/aromatic N) is 2. The molecule has 0 heterocycles. The number of carbonyl (C=O) groups excluding carboxylic acids is 1. The Hall–Kier alpha value is -2.22. The maximum absolute atomic E-state index is 12.2. The van der Waals surface area contributed by atoms with Crippen molar-refractivity contribution in [2.24, 2.45) is 10.2 Å². The molecule has 2 rings (SSSR count). The number of aryl methyl sites for hydroxylation is 2. The van der Waals surface area contributed by atoms with Crippen LogP contribution >= 0.6 is 11.8 Å². The summed E-state index contributed by atoms with van der Waals surface area (Å²) < 4.78 is 0. The van der Waals surface area contributed by atoms with Gasteiger partial charge in [0.1, 0.15) is 0 Å². The maximum atomic E-state index is 12.2. The van der Waals surface area contributed by atoms with E-state index in [9.17, 15) is 15.0 Å². The van der Waals surface area contributed by atoms with Gasteiger partial charge in [-0.05, 0) is 74.6 Å². The minimum Gasteiger partial charge on any atom is -0.394 e. The number of aliphatic hydroxyl groups is 2. The lowest BCUT2D eigenvalue weighted by Gasteiger charge is -2.18. The molecule has 0 aliphatic carbocycles. The molecule has 2 atom stereocenters. The van der Waals surface area contributed by atoms with E-state index in [4.69, 9.17) is 0 Å². The monoisotopic (exact) mass is 387 g/mol. The largest absolute Gasteiger partial charge is 0.394 e. The topological polar surface area (TPSA) is 94.3 Å². The van der Waals surface area contributed by atoms with Gasteiger partial charge >= 0.3 is 0 Å². The van der Waals surface area contributed by atoms with Gasteiger partial charge in [-0.15, -0.1) is 11.8 Å². The number of rotatable bonds is 7. The minimum atomic E-state index is -0.837. The molecule has 0 aromatic heterocycles. The highest BCUT2D eigenvalue weighted by molar-refractivity contribution is 7.98. The van der Waals surface area contributed by atoms with Gasteiger partial charge in [0, 0.05) is 10.5 Å². The number of nitrogens with one attached hydrogen (secondary N) is 1. The molecule has 0 saturated heterocycles. The lowest BCUT2D eigenvalue weighted by Crippen LogP contribution is -2.44. The van der Waals surface area contributed by atoms with Crippen molar-refractivity contribution in [3.63, 3.8) is 0 Å². The first-order chi connectivity index (χ1) is 12.8. The minimum absolute atomic E-state index is 0.330. The number of benzene rings is 2. The molecule has 0 spiro atoms. The van der Waals surface area contributed by atoms with E-state index >= 15 is 0 Å². The van der Waals surface area contributed by atoms with E-state index in [0.717, 1.165) is 16.8 Å². The standard InChI is InChI=1S/C20H25N3O3S/c1-12-9-17(27-4)10-13(2)19(12)23-22-16-7-5-15(6-8-16)20(26)21-18(11-24)14(3)25/h5-10,14,18,24-25H,11H2,1-4H3,(H,21,26)/b23-22+/t14-,18-/m0/s1. The third-order valence-electron chi connectivity index (χ3n) is 4.19. The molecule has 2 aromatic rings. The Morgan fingerprint density at radius 3 is 2.22 bits per heavy atom. The van der Waals surface area contributed by atoms with Crippen LogP contribution in [0, 0.1) is 13.8 Å². The fraction of sp³-hybridized carbons (Fsp3) is 0.350. The molecular formula is C20H25N3O3S. The number of carbonyl (C=O) groups is 1. The number of hydrogen-bond donors (Lipinski definition) is 3. The molecule has 144 valence electrons. The molecule has 3 N–H and O–H groups in total. The first-order valence-corrected chi connectivity index (χ1v) is 9.85. The van der Waals surface area contributed by atoms with E-state index in [1.54, 1.807) is 36.0 Å². The highest BCUT2D eigenvalue weighted by atomic mass is 32.2. The molecule has 0 bridgehead atoms. The number of amides is 1. The Morgan fingerprint density at radius 2 is 1.74 bits per heavy atom. The molecule has 0 aliphatic heterocycles. The molecule has 7 heteroatoms. The summed E-state index contributed by atoms with van der Waals surface area (Å²) in [4.78, 5) is 13.4. The Kier molecular flexibility index (Phi) is 7.53. The van der Waals surface area contributed by atoms with Gasteiger partial charge in [-0.25, -0.2) is 0 Å². The zero-order valence-corrected chi connectivity index (χ0v) is 16.7. The molecule has 6 nitrogen and oxygen atoms in total. The average Bonchev–Trinajstić information content (AvgIpc) is 2.65. The van der Waals surface area contributed by atoms with Crippen LogP contribution in [-0.2, 0) is 0 Å². The smallest absolute Gasteiger partial charge is 0.251 e. The fourth-order valence-corrected chi connectivity index (χ4v) is 3.14. The second-order valence-electron chi connectivity index (χ2n) is 6.36. The van der Waals surface area contributed by atoms with Crippen LogP contribution < -0.4 is 5.32 Å². The normalized spacial score (nSPS) is 13.6. The van der Waals surface area contributed by atoms with Crippen molar-refractivity contribution in [3.8, 4) is 0 Å². The van der Waals surface area contributed by atoms with Gasteiger partial charge in [0.25, 0.3) is 5.91 Å². The van der Waals surface area contributed by atoms with Crippen molar-refractivity contribution < 1.29 is 15.0 Å². The predicted molar refractivity (Wildman–Crippen MR) is 108 cm³/mol. The van der Waals surface area contributed by atoms with E-state index in [0.29, 0.717) is 11.3 Å². The summed E-state index contributed by atoms with van der Waals surface area (Å²) in [6, 6.07) is 10.1. The molecule has 27 heavy (non-hydrogen) atoms. The highest BCUT2D eigenvalue weighted by Crippen LogP contribution is 2.30. The van der Waals surface area contributed by atoms with Crippen LogP contribution in [0.4, 0.5) is 11.4 Å². The lowest BCUT2D eigenvalue weighted by molar-refractivity contribution is 0.0758. The molecule has 0 fully saturated rings. The van der Waals surface area contributed by atoms with Crippen LogP contribution in [0.1, 0.15) is 28.4 Å². The van der Waals surface area contributed by atoms with E-state index < -0.39 is 12.1 Å². The number of hydrogen-bond acceptors (Lipinski definition) is 6. The molecule has 0 radical (unpaired) electrons. The SMILES string of the molecule is CSc1cc(C)c(/N=N/c2ccc(C(=O)N[C@@H](CO)[C@H](C)O)cc2)c(C)c1. The first kappa shape index (κ1) is 21.1. The number of aliphatic hydroxyl groups excluding tert-OH is 2. The van der Waals surface area contributed by atoms with Gasteiger partial charge in [-0.3, -0.25) is 4.79 Å². The summed E-state index contributed by atoms with van der Waals surface area (Å²) in [5.41, 5.74) is 4.02. The first-order valence-electron chi connectivity index (χ1n) is 8.62. The summed E-state index contributed by atoms with van der Waals surface area (Å²) in [6.07, 6.45) is 1.20. The van der Waals surface area contributed by atoms with E-state index in [-0.39, 0.29) is 12.5 Å². The van der Waals surface area contributed by atoms with Crippen LogP contribution in [0.25, 0.3) is 0 Å². The highest BCUT2D eigenvalue weighted by Gasteiger charge is 2.17. The Labute approximate surface area is 163 Å². The quantitative estimate of drug-likeness (QED) is 0.496. The summed E-state index contributed by atoms with van der Waals surface area (Å²) >= 11 is 1.69. The van der Waals surface area contributed by atoms with Gasteiger partial charge in [0.05, 0.1) is 30.1 Å². The van der Waals surface area contributed by atoms with Crippen LogP contribution in [-0.4, -0.2) is 41.1 Å². The Morgan fingerprint density at radius 1 is 1.15 bits per heavy atom. The Balaban J connectivity index is 2.12. The number of thioether (sulfide) groups is 1. The van der Waals surface area contributed by atoms with Crippen molar-refractivity contribution in [2.45, 2.75) is 37.8 Å². The third kappa shape index (κ3) is 5.63. The molecular weight excluding hydrogens is 362 g/mol. The van der Waals surface area contributed by atoms with Crippen molar-refractivity contribution in [1.82, 2.24) is 5.32 Å². The molecule has 0 saturated carbocycles. The molecule has 0 aliphatic rings. The zero-order chi connectivity index (χ0) is 20.0. The summed E-state index contributed by atoms with van der Waals surface area (Å²) in [5.74, 6) is -0.363. The van der Waals surface area contributed by atoms with E-state index in [1.807, 2.05) is 20.1 Å². The fourth-order valence-electron chi connectivity index (χ4n) is 2.55. The van der Waals surface area contributed by atoms with Gasteiger partial charge in [-0.1, -0.05) is 0 Å². The maximum Gasteiger partial charge on any atom is 0.251 e. The van der Waals surface area contributed by atoms with Crippen molar-refractivity contribution >= 4 is 29.0 Å². The third-order valence-corrected chi connectivity index (χ3v) is 4.90. The van der Waals surface area contributed by atoms with Crippen LogP contribution in [0.15, 0.2) is 51.5 Å². The van der Waals surface area contributed by atoms with Gasteiger partial charge < -0.3 is 15.5 Å². The van der Waals surface area contributed by atoms with Gasteiger partial charge in [0.2, 0.25) is 0 Å². The van der Waals surface area contributed by atoms with E-state index in [1.165, 1.54) is 11.8 Å². The number of azo groups is 1. The van der Waals surface area contributed by atoms with Gasteiger partial charge in [-0.2, -0.15) is 10.2 Å². The van der Waals surface area contributed by atoms with Crippen LogP contribution in [0.2, 0.25) is 0 Å². The summed E-state index contributed by atoms with van der Waals surface area (Å²) in [6.45, 7) is 5.20. The predicted octanol–water partition coefficient (Wildman–Crippen LogP) is 3.91. The molecule has 2 aromatic carbocycles. The van der Waals surface area contributed by atoms with Crippen LogP contribution in [0.5, 0.6) is 0 Å². The van der Waals surface area contributed by atoms with Crippen molar-refractivity contribution in [3.05, 3.63) is 53.1 Å². The van der Waals surface area contributed by atoms with E-state index in [2.05, 4.69) is 27.7 Å². The second-order valence-corrected chi connectivity index (χ2v) is 7.24. The second kappa shape index (κ2) is 9.64. The average molecular weight is 388 g/mol. The Bertz CT molecular complexity index is 797. The molecule has 1 amide bonds. The van der Waals surface area contributed by atoms with Gasteiger partial charge in [0.15, 0.2) is 0 Å². The van der Waals surface area contributed by atoms with Crippen LogP contribution in [0.3, 0.4) is 0 Å². The zero-order valence-electron chi connectivity index (χ0n) is 15.9. The summed E-state index contributed by atoms with van der Waals surface area (Å²) in [7, 11) is 0. The summed E-state index contributed by atoms with van der Waals surface area (Å²) in [5, 5.41) is 29.9. The lowest BCUT2D eigenvalue weighted by atomic mass is 10.1. The molecule has 0 unspecified atom stereocenters. The van der Waals surface area contributed by atoms with Crippen molar-refractivity contribution in [1.29, 1.82) is 0 Å². The van der Waals surface area contributed by atoms with Crippen molar-refractivity contribution in [2.75, 3.05) is 12.9 Å².